The first-order valence-corrected chi connectivity index (χ1v) is 12.0. The average Bonchev–Trinajstić information content (AvgIpc) is 2.72. The first kappa shape index (κ1) is 24.1. The summed E-state index contributed by atoms with van der Waals surface area (Å²) in [7, 11) is -3.43. The van der Waals surface area contributed by atoms with E-state index in [1.165, 1.54) is 6.92 Å². The third-order valence-corrected chi connectivity index (χ3v) is 5.92. The first-order valence-electron chi connectivity index (χ1n) is 10.1. The number of hydrogen-bond acceptors (Lipinski definition) is 7. The Balaban J connectivity index is 1.94. The number of hydrogen-bond donors (Lipinski definition) is 5. The Kier molecular flexibility index (Phi) is 7.52. The number of nitrogens with one attached hydrogen (secondary N) is 2. The van der Waals surface area contributed by atoms with Gasteiger partial charge in [0.05, 0.1) is 25.0 Å². The predicted octanol–water partition coefficient (Wildman–Crippen LogP) is 0.254. The molecule has 174 valence electrons. The Bertz CT molecular complexity index is 1060. The van der Waals surface area contributed by atoms with Crippen molar-refractivity contribution < 1.29 is 33.3 Å². The topological polar surface area (TPSA) is 145 Å². The Morgan fingerprint density at radius 3 is 2.44 bits per heavy atom. The fourth-order valence-corrected chi connectivity index (χ4v) is 4.50. The van der Waals surface area contributed by atoms with Gasteiger partial charge in [0.1, 0.15) is 18.3 Å². The lowest BCUT2D eigenvalue weighted by Gasteiger charge is -2.43. The maximum atomic E-state index is 11.7. The van der Waals surface area contributed by atoms with E-state index >= 15 is 0 Å². The zero-order valence-electron chi connectivity index (χ0n) is 17.8. The van der Waals surface area contributed by atoms with Crippen molar-refractivity contribution in [3.8, 4) is 11.1 Å². The number of benzene rings is 2. The molecule has 1 saturated heterocycles. The van der Waals surface area contributed by atoms with Gasteiger partial charge in [0.15, 0.2) is 0 Å². The smallest absolute Gasteiger partial charge is 0.229 e. The van der Waals surface area contributed by atoms with Gasteiger partial charge in [0.25, 0.3) is 0 Å². The summed E-state index contributed by atoms with van der Waals surface area (Å²) in [5, 5.41) is 33.0. The molecule has 0 aromatic heterocycles. The van der Waals surface area contributed by atoms with Crippen LogP contribution in [0.5, 0.6) is 0 Å². The molecule has 10 heteroatoms. The quantitative estimate of drug-likeness (QED) is 0.395. The van der Waals surface area contributed by atoms with Crippen LogP contribution >= 0.6 is 0 Å². The number of ether oxygens (including phenoxy) is 1. The van der Waals surface area contributed by atoms with Gasteiger partial charge in [-0.15, -0.1) is 0 Å². The zero-order valence-corrected chi connectivity index (χ0v) is 18.6. The molecule has 0 unspecified atom stereocenters. The summed E-state index contributed by atoms with van der Waals surface area (Å²) in [5.74, 6) is -0.384. The van der Waals surface area contributed by atoms with Crippen LogP contribution in [0.1, 0.15) is 12.5 Å². The molecule has 1 amide bonds. The number of sulfonamides is 1. The van der Waals surface area contributed by atoms with Crippen LogP contribution in [0.3, 0.4) is 0 Å². The normalized spacial score (nSPS) is 25.8. The lowest BCUT2D eigenvalue weighted by molar-refractivity contribution is -0.194. The number of aliphatic hydroxyl groups excluding tert-OH is 3. The van der Waals surface area contributed by atoms with Crippen LogP contribution in [0.4, 0.5) is 5.69 Å². The van der Waals surface area contributed by atoms with Gasteiger partial charge in [-0.25, -0.2) is 8.42 Å². The molecule has 1 aliphatic heterocycles. The van der Waals surface area contributed by atoms with Crippen molar-refractivity contribution in [2.45, 2.75) is 43.8 Å². The Morgan fingerprint density at radius 1 is 1.06 bits per heavy atom. The molecule has 0 bridgehead atoms. The van der Waals surface area contributed by atoms with Crippen molar-refractivity contribution in [1.29, 1.82) is 0 Å². The van der Waals surface area contributed by atoms with Crippen LogP contribution in [0.2, 0.25) is 0 Å². The van der Waals surface area contributed by atoms with Crippen molar-refractivity contribution in [2.75, 3.05) is 17.6 Å². The number of carbonyl (C=O) groups excluding carboxylic acids is 1. The molecular formula is C22H28N2O7S. The second-order valence-electron chi connectivity index (χ2n) is 7.92. The molecule has 5 atom stereocenters. The molecule has 1 heterocycles. The minimum atomic E-state index is -3.43. The number of carbonyl (C=O) groups is 1. The fraction of sp³-hybridized carbons (Fsp3) is 0.409. The van der Waals surface area contributed by atoms with Crippen molar-refractivity contribution in [2.24, 2.45) is 0 Å². The highest BCUT2D eigenvalue weighted by Gasteiger charge is 2.44. The van der Waals surface area contributed by atoms with E-state index in [9.17, 15) is 28.5 Å². The van der Waals surface area contributed by atoms with Crippen LogP contribution in [-0.2, 0) is 26.0 Å². The highest BCUT2D eigenvalue weighted by atomic mass is 32.2. The standard InChI is InChI=1S/C22H28N2O7S/c1-13(26)23-20-18(31-19(12-25)21(27)22(20)28)11-15-6-3-4-9-17(15)14-7-5-8-16(10-14)24-32(2,29)30/h3-10,18-22,24-25,27-28H,11-12H2,1-2H3,(H,23,26)/t18-,19+,20-,21-,22+/m0/s1. The minimum absolute atomic E-state index is 0.269. The van der Waals surface area contributed by atoms with Gasteiger partial charge in [-0.1, -0.05) is 36.4 Å². The van der Waals surface area contributed by atoms with E-state index in [2.05, 4.69) is 10.0 Å². The summed E-state index contributed by atoms with van der Waals surface area (Å²) in [6, 6.07) is 13.5. The average molecular weight is 465 g/mol. The predicted molar refractivity (Wildman–Crippen MR) is 119 cm³/mol. The number of amides is 1. The van der Waals surface area contributed by atoms with E-state index in [-0.39, 0.29) is 12.3 Å². The monoisotopic (exact) mass is 464 g/mol. The van der Waals surface area contributed by atoms with E-state index in [0.29, 0.717) is 5.69 Å². The van der Waals surface area contributed by atoms with Gasteiger partial charge < -0.3 is 25.4 Å². The summed E-state index contributed by atoms with van der Waals surface area (Å²) in [4.78, 5) is 11.7. The van der Waals surface area contributed by atoms with Gasteiger partial charge in [-0.2, -0.15) is 0 Å². The molecular weight excluding hydrogens is 436 g/mol. The molecule has 3 rings (SSSR count). The highest BCUT2D eigenvalue weighted by Crippen LogP contribution is 2.30. The Morgan fingerprint density at radius 2 is 1.78 bits per heavy atom. The largest absolute Gasteiger partial charge is 0.394 e. The van der Waals surface area contributed by atoms with Crippen LogP contribution in [0, 0.1) is 0 Å². The molecule has 0 saturated carbocycles. The molecule has 0 radical (unpaired) electrons. The maximum Gasteiger partial charge on any atom is 0.229 e. The minimum Gasteiger partial charge on any atom is -0.394 e. The van der Waals surface area contributed by atoms with E-state index in [4.69, 9.17) is 4.74 Å². The highest BCUT2D eigenvalue weighted by molar-refractivity contribution is 7.92. The Labute approximate surface area is 187 Å². The van der Waals surface area contributed by atoms with Crippen molar-refractivity contribution in [1.82, 2.24) is 5.32 Å². The summed E-state index contributed by atoms with van der Waals surface area (Å²) in [5.41, 5.74) is 2.82. The molecule has 32 heavy (non-hydrogen) atoms. The lowest BCUT2D eigenvalue weighted by atomic mass is 9.87. The van der Waals surface area contributed by atoms with Crippen molar-refractivity contribution in [3.05, 3.63) is 54.1 Å². The van der Waals surface area contributed by atoms with E-state index < -0.39 is 47.1 Å². The summed E-state index contributed by atoms with van der Waals surface area (Å²) >= 11 is 0. The van der Waals surface area contributed by atoms with Gasteiger partial charge in [0.2, 0.25) is 15.9 Å². The molecule has 0 aliphatic carbocycles. The molecule has 2 aromatic rings. The summed E-state index contributed by atoms with van der Waals surface area (Å²) in [6.07, 6.45) is -3.02. The number of rotatable bonds is 7. The van der Waals surface area contributed by atoms with Gasteiger partial charge in [0, 0.05) is 19.0 Å². The van der Waals surface area contributed by atoms with E-state index in [0.717, 1.165) is 22.9 Å². The van der Waals surface area contributed by atoms with E-state index in [1.54, 1.807) is 18.2 Å². The lowest BCUT2D eigenvalue weighted by Crippen LogP contribution is -2.64. The third-order valence-electron chi connectivity index (χ3n) is 5.31. The summed E-state index contributed by atoms with van der Waals surface area (Å²) < 4.78 is 31.5. The van der Waals surface area contributed by atoms with Gasteiger partial charge in [-0.05, 0) is 28.8 Å². The summed E-state index contributed by atoms with van der Waals surface area (Å²) in [6.45, 7) is 0.824. The van der Waals surface area contributed by atoms with E-state index in [1.807, 2.05) is 30.3 Å². The van der Waals surface area contributed by atoms with Crippen LogP contribution < -0.4 is 10.0 Å². The van der Waals surface area contributed by atoms with Gasteiger partial charge >= 0.3 is 0 Å². The van der Waals surface area contributed by atoms with Crippen LogP contribution in [0.15, 0.2) is 48.5 Å². The molecule has 2 aromatic carbocycles. The maximum absolute atomic E-state index is 11.7. The van der Waals surface area contributed by atoms with Crippen LogP contribution in [0.25, 0.3) is 11.1 Å². The number of aliphatic hydroxyl groups is 3. The van der Waals surface area contributed by atoms with Crippen molar-refractivity contribution >= 4 is 21.6 Å². The Hall–Kier alpha value is -2.50. The molecule has 5 N–H and O–H groups in total. The second-order valence-corrected chi connectivity index (χ2v) is 9.67. The molecule has 1 fully saturated rings. The van der Waals surface area contributed by atoms with Crippen molar-refractivity contribution in [3.63, 3.8) is 0 Å². The zero-order chi connectivity index (χ0) is 23.5. The first-order chi connectivity index (χ1) is 15.1. The molecule has 0 spiro atoms. The number of anilines is 1. The van der Waals surface area contributed by atoms with Gasteiger partial charge in [-0.3, -0.25) is 9.52 Å². The third kappa shape index (κ3) is 5.84. The second kappa shape index (κ2) is 9.97. The molecule has 1 aliphatic rings. The molecule has 9 nitrogen and oxygen atoms in total. The van der Waals surface area contributed by atoms with Crippen LogP contribution in [-0.4, -0.2) is 73.0 Å². The SMILES string of the molecule is CC(=O)N[C@@H]1[C@@H](O)[C@@H](O)[C@@H](CO)O[C@H]1Cc1ccccc1-c1cccc(NS(C)(=O)=O)c1. The fourth-order valence-electron chi connectivity index (χ4n) is 3.94.